The molecule has 1 atom stereocenters. The van der Waals surface area contributed by atoms with Crippen molar-refractivity contribution in [1.29, 1.82) is 0 Å². The predicted octanol–water partition coefficient (Wildman–Crippen LogP) is 1.99. The Morgan fingerprint density at radius 1 is 1.36 bits per heavy atom. The van der Waals surface area contributed by atoms with Gasteiger partial charge in [-0.1, -0.05) is 18.2 Å². The highest BCUT2D eigenvalue weighted by molar-refractivity contribution is 6.07. The first-order valence-electron chi connectivity index (χ1n) is 8.31. The van der Waals surface area contributed by atoms with Crippen LogP contribution in [0.5, 0.6) is 0 Å². The van der Waals surface area contributed by atoms with Crippen molar-refractivity contribution < 1.29 is 9.90 Å². The highest BCUT2D eigenvalue weighted by Crippen LogP contribution is 2.22. The van der Waals surface area contributed by atoms with Crippen LogP contribution in [-0.2, 0) is 6.54 Å². The molecule has 2 N–H and O–H groups in total. The monoisotopic (exact) mass is 339 g/mol. The Labute approximate surface area is 145 Å². The number of para-hydroxylation sites is 1. The standard InChI is InChI=1S/C19H21N3O3/c1-4-22-9-15(18(24)20-12(3)10-23)17-14(19(22)25)8-13-7-5-6-11(2)16(13)21-17/h5-9,12,23H,4,10H2,1-3H3,(H,20,24). The van der Waals surface area contributed by atoms with Crippen LogP contribution in [-0.4, -0.2) is 33.2 Å². The van der Waals surface area contributed by atoms with Crippen molar-refractivity contribution in [3.05, 3.63) is 51.9 Å². The molecule has 0 saturated heterocycles. The molecule has 6 heteroatoms. The van der Waals surface area contributed by atoms with Crippen LogP contribution < -0.4 is 10.9 Å². The first-order valence-corrected chi connectivity index (χ1v) is 8.31. The molecule has 0 bridgehead atoms. The van der Waals surface area contributed by atoms with Gasteiger partial charge in [-0.05, 0) is 32.4 Å². The molecule has 3 rings (SSSR count). The van der Waals surface area contributed by atoms with E-state index in [9.17, 15) is 14.7 Å². The van der Waals surface area contributed by atoms with Gasteiger partial charge in [0.05, 0.1) is 28.6 Å². The third-order valence-electron chi connectivity index (χ3n) is 4.32. The van der Waals surface area contributed by atoms with Crippen LogP contribution >= 0.6 is 0 Å². The SMILES string of the molecule is CCn1cc(C(=O)NC(C)CO)c2nc3c(C)cccc3cc2c1=O. The second-order valence-corrected chi connectivity index (χ2v) is 6.22. The van der Waals surface area contributed by atoms with Crippen LogP contribution in [0.4, 0.5) is 0 Å². The third-order valence-corrected chi connectivity index (χ3v) is 4.32. The zero-order chi connectivity index (χ0) is 18.1. The molecular weight excluding hydrogens is 318 g/mol. The van der Waals surface area contributed by atoms with Crippen molar-refractivity contribution in [2.24, 2.45) is 0 Å². The van der Waals surface area contributed by atoms with Crippen molar-refractivity contribution in [2.75, 3.05) is 6.61 Å². The maximum absolute atomic E-state index is 12.7. The van der Waals surface area contributed by atoms with Crippen molar-refractivity contribution >= 4 is 27.7 Å². The number of aryl methyl sites for hydroxylation is 2. The van der Waals surface area contributed by atoms with Gasteiger partial charge in [-0.15, -0.1) is 0 Å². The molecule has 1 aromatic carbocycles. The Morgan fingerprint density at radius 3 is 2.80 bits per heavy atom. The lowest BCUT2D eigenvalue weighted by molar-refractivity contribution is 0.0923. The molecule has 2 heterocycles. The van der Waals surface area contributed by atoms with Gasteiger partial charge >= 0.3 is 0 Å². The molecule has 130 valence electrons. The van der Waals surface area contributed by atoms with E-state index in [1.54, 1.807) is 19.2 Å². The first-order chi connectivity index (χ1) is 12.0. The number of fused-ring (bicyclic) bond motifs is 2. The summed E-state index contributed by atoms with van der Waals surface area (Å²) in [6.07, 6.45) is 1.54. The minimum atomic E-state index is -0.383. The number of pyridine rings is 2. The summed E-state index contributed by atoms with van der Waals surface area (Å²) in [6.45, 7) is 5.80. The van der Waals surface area contributed by atoms with Gasteiger partial charge in [-0.3, -0.25) is 9.59 Å². The normalized spacial score (nSPS) is 12.5. The average Bonchev–Trinajstić information content (AvgIpc) is 2.61. The number of rotatable bonds is 4. The van der Waals surface area contributed by atoms with Crippen LogP contribution in [0.3, 0.4) is 0 Å². The number of aromatic nitrogens is 2. The zero-order valence-electron chi connectivity index (χ0n) is 14.5. The summed E-state index contributed by atoms with van der Waals surface area (Å²) in [4.78, 5) is 30.0. The van der Waals surface area contributed by atoms with Crippen molar-refractivity contribution in [2.45, 2.75) is 33.4 Å². The van der Waals surface area contributed by atoms with Gasteiger partial charge in [0, 0.05) is 24.2 Å². The molecule has 0 fully saturated rings. The van der Waals surface area contributed by atoms with Crippen molar-refractivity contribution in [3.8, 4) is 0 Å². The summed E-state index contributed by atoms with van der Waals surface area (Å²) in [5.74, 6) is -0.353. The van der Waals surface area contributed by atoms with E-state index in [-0.39, 0.29) is 24.1 Å². The maximum atomic E-state index is 12.7. The Bertz CT molecular complexity index is 1020. The minimum Gasteiger partial charge on any atom is -0.394 e. The van der Waals surface area contributed by atoms with E-state index >= 15 is 0 Å². The van der Waals surface area contributed by atoms with E-state index in [0.717, 1.165) is 16.5 Å². The molecule has 0 saturated carbocycles. The number of aliphatic hydroxyl groups excluding tert-OH is 1. The van der Waals surface area contributed by atoms with Gasteiger partial charge < -0.3 is 15.0 Å². The van der Waals surface area contributed by atoms with Crippen LogP contribution in [0.2, 0.25) is 0 Å². The number of hydrogen-bond donors (Lipinski definition) is 2. The molecular formula is C19H21N3O3. The lowest BCUT2D eigenvalue weighted by atomic mass is 10.1. The summed E-state index contributed by atoms with van der Waals surface area (Å²) in [6, 6.07) is 7.19. The molecule has 0 radical (unpaired) electrons. The van der Waals surface area contributed by atoms with Gasteiger partial charge in [0.1, 0.15) is 0 Å². The quantitative estimate of drug-likeness (QED) is 0.712. The molecule has 6 nitrogen and oxygen atoms in total. The van der Waals surface area contributed by atoms with Crippen LogP contribution in [0.25, 0.3) is 21.8 Å². The molecule has 3 aromatic rings. The Balaban J connectivity index is 2.34. The number of nitrogens with zero attached hydrogens (tertiary/aromatic N) is 2. The van der Waals surface area contributed by atoms with Gasteiger partial charge in [0.25, 0.3) is 11.5 Å². The van der Waals surface area contributed by atoms with Crippen LogP contribution in [0, 0.1) is 6.92 Å². The number of amides is 1. The molecule has 0 aliphatic carbocycles. The fourth-order valence-corrected chi connectivity index (χ4v) is 2.89. The summed E-state index contributed by atoms with van der Waals surface area (Å²) >= 11 is 0. The van der Waals surface area contributed by atoms with Gasteiger partial charge in [-0.25, -0.2) is 4.98 Å². The van der Waals surface area contributed by atoms with Gasteiger partial charge in [0.2, 0.25) is 0 Å². The molecule has 1 amide bonds. The third kappa shape index (κ3) is 3.00. The number of benzene rings is 1. The van der Waals surface area contributed by atoms with E-state index in [1.165, 1.54) is 4.57 Å². The Kier molecular flexibility index (Phi) is 4.55. The number of nitrogens with one attached hydrogen (secondary N) is 1. The number of carbonyl (C=O) groups excluding carboxylic acids is 1. The highest BCUT2D eigenvalue weighted by Gasteiger charge is 2.18. The number of aliphatic hydroxyl groups is 1. The second kappa shape index (κ2) is 6.64. The second-order valence-electron chi connectivity index (χ2n) is 6.22. The summed E-state index contributed by atoms with van der Waals surface area (Å²) in [5, 5.41) is 13.2. The molecule has 0 aliphatic heterocycles. The van der Waals surface area contributed by atoms with Crippen LogP contribution in [0.15, 0.2) is 35.3 Å². The minimum absolute atomic E-state index is 0.160. The molecule has 2 aromatic heterocycles. The van der Waals surface area contributed by atoms with Crippen LogP contribution in [0.1, 0.15) is 29.8 Å². The summed E-state index contributed by atoms with van der Waals surface area (Å²) in [5.41, 5.74) is 2.31. The largest absolute Gasteiger partial charge is 0.394 e. The summed E-state index contributed by atoms with van der Waals surface area (Å²) < 4.78 is 1.50. The van der Waals surface area contributed by atoms with Crippen molar-refractivity contribution in [1.82, 2.24) is 14.9 Å². The number of hydrogen-bond acceptors (Lipinski definition) is 4. The average molecular weight is 339 g/mol. The molecule has 1 unspecified atom stereocenters. The lowest BCUT2D eigenvalue weighted by Gasteiger charge is -2.14. The molecule has 0 spiro atoms. The van der Waals surface area contributed by atoms with E-state index < -0.39 is 0 Å². The van der Waals surface area contributed by atoms with E-state index in [0.29, 0.717) is 23.0 Å². The Hall–Kier alpha value is -2.73. The number of carbonyl (C=O) groups is 1. The molecule has 0 aliphatic rings. The smallest absolute Gasteiger partial charge is 0.260 e. The fourth-order valence-electron chi connectivity index (χ4n) is 2.89. The van der Waals surface area contributed by atoms with E-state index in [4.69, 9.17) is 0 Å². The van der Waals surface area contributed by atoms with Gasteiger partial charge in [0.15, 0.2) is 0 Å². The van der Waals surface area contributed by atoms with Gasteiger partial charge in [-0.2, -0.15) is 0 Å². The fraction of sp³-hybridized carbons (Fsp3) is 0.316. The maximum Gasteiger partial charge on any atom is 0.260 e. The lowest BCUT2D eigenvalue weighted by Crippen LogP contribution is -2.36. The summed E-state index contributed by atoms with van der Waals surface area (Å²) in [7, 11) is 0. The van der Waals surface area contributed by atoms with Crippen molar-refractivity contribution in [3.63, 3.8) is 0 Å². The topological polar surface area (TPSA) is 84.2 Å². The zero-order valence-corrected chi connectivity index (χ0v) is 14.5. The molecule has 25 heavy (non-hydrogen) atoms. The van der Waals surface area contributed by atoms with E-state index in [2.05, 4.69) is 10.3 Å². The predicted molar refractivity (Wildman–Crippen MR) is 97.9 cm³/mol. The van der Waals surface area contributed by atoms with E-state index in [1.807, 2.05) is 32.0 Å². The first kappa shape index (κ1) is 17.1. The Morgan fingerprint density at radius 2 is 2.12 bits per heavy atom. The highest BCUT2D eigenvalue weighted by atomic mass is 16.3.